The zero-order valence-electron chi connectivity index (χ0n) is 19.5. The first kappa shape index (κ1) is 26.7. The molecule has 2 rings (SSSR count). The van der Waals surface area contributed by atoms with E-state index >= 15 is 0 Å². The van der Waals surface area contributed by atoms with Crippen molar-refractivity contribution < 1.29 is 42.9 Å². The lowest BCUT2D eigenvalue weighted by Gasteiger charge is -2.12. The molecule has 182 valence electrons. The van der Waals surface area contributed by atoms with Gasteiger partial charge in [-0.2, -0.15) is 0 Å². The van der Waals surface area contributed by atoms with E-state index in [0.29, 0.717) is 11.1 Å². The Bertz CT molecular complexity index is 1190. The normalized spacial score (nSPS) is 10.0. The molecule has 0 aliphatic heterocycles. The molecule has 35 heavy (non-hydrogen) atoms. The molecule has 9 nitrogen and oxygen atoms in total. The molecule has 0 saturated heterocycles. The minimum Gasteiger partial charge on any atom is -0.459 e. The van der Waals surface area contributed by atoms with Gasteiger partial charge in [0.1, 0.15) is 13.2 Å². The molecule has 0 N–H and O–H groups in total. The third kappa shape index (κ3) is 7.78. The van der Waals surface area contributed by atoms with Crippen LogP contribution in [0.1, 0.15) is 31.1 Å². The zero-order chi connectivity index (χ0) is 26.1. The van der Waals surface area contributed by atoms with Gasteiger partial charge in [-0.25, -0.2) is 19.2 Å². The van der Waals surface area contributed by atoms with Crippen molar-refractivity contribution in [1.82, 2.24) is 0 Å². The summed E-state index contributed by atoms with van der Waals surface area (Å²) in [6.45, 7) is 10.8. The van der Waals surface area contributed by atoms with Crippen molar-refractivity contribution in [3.05, 3.63) is 72.3 Å². The maximum Gasteiger partial charge on any atom is 0.379 e. The van der Waals surface area contributed by atoms with Gasteiger partial charge in [-0.1, -0.05) is 31.4 Å². The molecular weight excluding hydrogens is 456 g/mol. The highest BCUT2D eigenvalue weighted by Crippen LogP contribution is 2.33. The molecule has 2 aromatic rings. The number of ether oxygens (including phenoxy) is 4. The summed E-state index contributed by atoms with van der Waals surface area (Å²) in [6, 6.07) is 10.8. The minimum atomic E-state index is -1.11. The molecule has 0 atom stereocenters. The van der Waals surface area contributed by atoms with Gasteiger partial charge in [0, 0.05) is 18.1 Å². The molecule has 0 aliphatic rings. The molecule has 0 radical (unpaired) electrons. The van der Waals surface area contributed by atoms with Crippen LogP contribution >= 0.6 is 0 Å². The van der Waals surface area contributed by atoms with Crippen LogP contribution in [0.3, 0.4) is 0 Å². The monoisotopic (exact) mass is 480 g/mol. The predicted octanol–water partition coefficient (Wildman–Crippen LogP) is 3.61. The van der Waals surface area contributed by atoms with Crippen molar-refractivity contribution in [2.75, 3.05) is 13.2 Å². The van der Waals surface area contributed by atoms with E-state index in [1.165, 1.54) is 38.1 Å². The third-order valence-corrected chi connectivity index (χ3v) is 4.34. The van der Waals surface area contributed by atoms with E-state index in [1.54, 1.807) is 18.2 Å². The van der Waals surface area contributed by atoms with Crippen LogP contribution in [0.4, 0.5) is 0 Å². The molecule has 0 unspecified atom stereocenters. The van der Waals surface area contributed by atoms with E-state index in [0.717, 1.165) is 6.92 Å². The van der Waals surface area contributed by atoms with Gasteiger partial charge in [0.2, 0.25) is 5.78 Å². The number of esters is 4. The highest BCUT2D eigenvalue weighted by molar-refractivity contribution is 6.33. The summed E-state index contributed by atoms with van der Waals surface area (Å²) in [5.41, 5.74) is 1.85. The average molecular weight is 480 g/mol. The molecule has 0 aliphatic carbocycles. The van der Waals surface area contributed by atoms with E-state index in [1.807, 2.05) is 0 Å². The molecule has 0 fully saturated rings. The summed E-state index contributed by atoms with van der Waals surface area (Å²) >= 11 is 0. The second kappa shape index (κ2) is 12.1. The van der Waals surface area contributed by atoms with Gasteiger partial charge >= 0.3 is 23.9 Å². The number of benzene rings is 2. The van der Waals surface area contributed by atoms with Crippen molar-refractivity contribution in [2.45, 2.75) is 20.8 Å². The average Bonchev–Trinajstić information content (AvgIpc) is 2.82. The summed E-state index contributed by atoms with van der Waals surface area (Å²) in [5.74, 6) is -4.04. The highest BCUT2D eigenvalue weighted by atomic mass is 16.6. The van der Waals surface area contributed by atoms with Crippen molar-refractivity contribution in [2.24, 2.45) is 0 Å². The molecule has 0 spiro atoms. The second-order valence-electron chi connectivity index (χ2n) is 7.41. The van der Waals surface area contributed by atoms with Crippen LogP contribution in [0.25, 0.3) is 11.1 Å². The Kier molecular flexibility index (Phi) is 9.22. The van der Waals surface area contributed by atoms with E-state index in [2.05, 4.69) is 13.2 Å². The fourth-order valence-electron chi connectivity index (χ4n) is 2.48. The minimum absolute atomic E-state index is 0.0853. The lowest BCUT2D eigenvalue weighted by atomic mass is 10.0. The number of rotatable bonds is 10. The summed E-state index contributed by atoms with van der Waals surface area (Å²) in [7, 11) is 0. The molecule has 2 aromatic carbocycles. The van der Waals surface area contributed by atoms with Gasteiger partial charge < -0.3 is 18.9 Å². The summed E-state index contributed by atoms with van der Waals surface area (Å²) in [6.07, 6.45) is 0. The third-order valence-electron chi connectivity index (χ3n) is 4.34. The Morgan fingerprint density at radius 1 is 0.657 bits per heavy atom. The zero-order valence-corrected chi connectivity index (χ0v) is 19.5. The van der Waals surface area contributed by atoms with Crippen LogP contribution in [0.15, 0.2) is 66.8 Å². The fraction of sp³-hybridized carbons (Fsp3) is 0.192. The van der Waals surface area contributed by atoms with Crippen molar-refractivity contribution in [1.29, 1.82) is 0 Å². The Morgan fingerprint density at radius 3 is 1.77 bits per heavy atom. The van der Waals surface area contributed by atoms with Crippen LogP contribution < -0.4 is 9.47 Å². The number of hydrogen-bond acceptors (Lipinski definition) is 9. The topological polar surface area (TPSA) is 122 Å². The lowest BCUT2D eigenvalue weighted by molar-refractivity contribution is -0.146. The van der Waals surface area contributed by atoms with Crippen LogP contribution in [-0.4, -0.2) is 42.9 Å². The predicted molar refractivity (Wildman–Crippen MR) is 125 cm³/mol. The first-order valence-electron chi connectivity index (χ1n) is 10.3. The van der Waals surface area contributed by atoms with E-state index < -0.39 is 29.7 Å². The molecule has 0 aromatic heterocycles. The number of carbonyl (C=O) groups is 5. The van der Waals surface area contributed by atoms with Crippen molar-refractivity contribution in [3.63, 3.8) is 0 Å². The van der Waals surface area contributed by atoms with E-state index in [9.17, 15) is 24.0 Å². The Morgan fingerprint density at radius 2 is 1.20 bits per heavy atom. The maximum atomic E-state index is 12.2. The SMILES string of the molecule is C=C(C)C(=O)OCCOC(=O)c1ccc(-c2ccc(OC(=O)C(C)=O)c(OC(=O)C(=C)C)c2)cc1. The van der Waals surface area contributed by atoms with Gasteiger partial charge in [0.05, 0.1) is 5.56 Å². The summed E-state index contributed by atoms with van der Waals surface area (Å²) in [4.78, 5) is 58.5. The van der Waals surface area contributed by atoms with Crippen LogP contribution in [-0.2, 0) is 28.7 Å². The maximum absolute atomic E-state index is 12.2. The number of carbonyl (C=O) groups excluding carboxylic acids is 5. The first-order chi connectivity index (χ1) is 16.5. The number of ketones is 1. The summed E-state index contributed by atoms with van der Waals surface area (Å²) < 4.78 is 20.2. The van der Waals surface area contributed by atoms with E-state index in [4.69, 9.17) is 18.9 Å². The summed E-state index contributed by atoms with van der Waals surface area (Å²) in [5, 5.41) is 0. The smallest absolute Gasteiger partial charge is 0.379 e. The van der Waals surface area contributed by atoms with Crippen molar-refractivity contribution >= 4 is 29.7 Å². The Hall–Kier alpha value is -4.53. The van der Waals surface area contributed by atoms with Gasteiger partial charge in [-0.15, -0.1) is 0 Å². The number of hydrogen-bond donors (Lipinski definition) is 0. The lowest BCUT2D eigenvalue weighted by Crippen LogP contribution is -2.18. The molecule has 0 amide bonds. The first-order valence-corrected chi connectivity index (χ1v) is 10.3. The molecule has 0 heterocycles. The van der Waals surface area contributed by atoms with Gasteiger partial charge in [-0.3, -0.25) is 4.79 Å². The van der Waals surface area contributed by atoms with Gasteiger partial charge in [0.15, 0.2) is 11.5 Å². The van der Waals surface area contributed by atoms with Crippen LogP contribution in [0.2, 0.25) is 0 Å². The van der Waals surface area contributed by atoms with Gasteiger partial charge in [0.25, 0.3) is 0 Å². The van der Waals surface area contributed by atoms with Gasteiger partial charge in [-0.05, 0) is 49.2 Å². The standard InChI is InChI=1S/C26H24O9/c1-15(2)23(28)32-12-13-33-26(31)19-8-6-18(7-9-19)20-10-11-21(34-25(30)17(5)27)22(14-20)35-24(29)16(3)4/h6-11,14H,1,3,12-13H2,2,4-5H3. The fourth-order valence-corrected chi connectivity index (χ4v) is 2.48. The molecule has 9 heteroatoms. The molecular formula is C26H24O9. The molecule has 0 saturated carbocycles. The van der Waals surface area contributed by atoms with Crippen LogP contribution in [0, 0.1) is 0 Å². The highest BCUT2D eigenvalue weighted by Gasteiger charge is 2.18. The van der Waals surface area contributed by atoms with Crippen LogP contribution in [0.5, 0.6) is 11.5 Å². The van der Waals surface area contributed by atoms with Crippen molar-refractivity contribution in [3.8, 4) is 22.6 Å². The largest absolute Gasteiger partial charge is 0.459 e. The quantitative estimate of drug-likeness (QED) is 0.165. The molecule has 0 bridgehead atoms. The Balaban J connectivity index is 2.16. The second-order valence-corrected chi connectivity index (χ2v) is 7.41. The number of Topliss-reactive ketones (excluding diaryl/α,β-unsaturated/α-hetero) is 1. The van der Waals surface area contributed by atoms with E-state index in [-0.39, 0.29) is 41.4 Å². The Labute approximate surface area is 201 Å².